The summed E-state index contributed by atoms with van der Waals surface area (Å²) in [6, 6.07) is 5.73. The first-order chi connectivity index (χ1) is 18.9. The zero-order chi connectivity index (χ0) is 26.5. The average Bonchev–Trinajstić information content (AvgIpc) is 2.92. The summed E-state index contributed by atoms with van der Waals surface area (Å²) >= 11 is 0. The van der Waals surface area contributed by atoms with E-state index in [1.54, 1.807) is 7.11 Å². The summed E-state index contributed by atoms with van der Waals surface area (Å²) in [6.45, 7) is 12.3. The minimum Gasteiger partial charge on any atom is -0.490 e. The molecule has 0 fully saturated rings. The van der Waals surface area contributed by atoms with Gasteiger partial charge in [0.15, 0.2) is 11.5 Å². The van der Waals surface area contributed by atoms with Crippen LogP contribution in [-0.2, 0) is 28.4 Å². The molecule has 3 rings (SSSR count). The van der Waals surface area contributed by atoms with Crippen LogP contribution in [0.4, 0.5) is 0 Å². The number of benzene rings is 1. The first kappa shape index (κ1) is 30.8. The van der Waals surface area contributed by atoms with Gasteiger partial charge in [0, 0.05) is 39.3 Å². The standard InChI is InChI=1S/C27H46N2O9/c1-30-27-25-3-2-4-26(27)38-16-10-29-7-13-33-19-23-35-21-17-31-11-5-28(9-15-37-25)6-12-32-18-22-36-24-20-34-14-8-29/h2-4H,5-24H2,1H3. The lowest BCUT2D eigenvalue weighted by molar-refractivity contribution is -0.00720. The lowest BCUT2D eigenvalue weighted by Crippen LogP contribution is -2.35. The van der Waals surface area contributed by atoms with Crippen LogP contribution >= 0.6 is 0 Å². The van der Waals surface area contributed by atoms with E-state index in [2.05, 4.69) is 9.80 Å². The highest BCUT2D eigenvalue weighted by Crippen LogP contribution is 2.36. The van der Waals surface area contributed by atoms with Crippen molar-refractivity contribution in [3.63, 3.8) is 0 Å². The monoisotopic (exact) mass is 542 g/mol. The molecule has 0 radical (unpaired) electrons. The molecule has 0 N–H and O–H groups in total. The van der Waals surface area contributed by atoms with E-state index >= 15 is 0 Å². The van der Waals surface area contributed by atoms with Crippen molar-refractivity contribution in [3.05, 3.63) is 18.2 Å². The number of hydrogen-bond acceptors (Lipinski definition) is 11. The van der Waals surface area contributed by atoms with E-state index in [9.17, 15) is 0 Å². The fourth-order valence-corrected chi connectivity index (χ4v) is 4.02. The molecule has 0 spiro atoms. The number of rotatable bonds is 1. The largest absolute Gasteiger partial charge is 0.490 e. The maximum absolute atomic E-state index is 6.13. The summed E-state index contributed by atoms with van der Waals surface area (Å²) in [6.07, 6.45) is 0. The third-order valence-electron chi connectivity index (χ3n) is 6.17. The predicted octanol–water partition coefficient (Wildman–Crippen LogP) is 1.18. The van der Waals surface area contributed by atoms with Crippen molar-refractivity contribution in [2.45, 2.75) is 0 Å². The van der Waals surface area contributed by atoms with Crippen LogP contribution in [0.1, 0.15) is 0 Å². The first-order valence-corrected chi connectivity index (χ1v) is 13.7. The third kappa shape index (κ3) is 12.9. The lowest BCUT2D eigenvalue weighted by atomic mass is 10.3. The van der Waals surface area contributed by atoms with Crippen LogP contribution in [0.3, 0.4) is 0 Å². The number of hydrogen-bond donors (Lipinski definition) is 0. The summed E-state index contributed by atoms with van der Waals surface area (Å²) in [4.78, 5) is 4.53. The van der Waals surface area contributed by atoms with E-state index in [0.29, 0.717) is 110 Å². The van der Waals surface area contributed by atoms with Gasteiger partial charge in [0.05, 0.1) is 86.4 Å². The van der Waals surface area contributed by atoms with Crippen molar-refractivity contribution in [2.24, 2.45) is 0 Å². The lowest BCUT2D eigenvalue weighted by Gasteiger charge is -2.24. The Morgan fingerprint density at radius 1 is 0.474 bits per heavy atom. The Kier molecular flexibility index (Phi) is 16.4. The highest BCUT2D eigenvalue weighted by atomic mass is 16.6. The molecule has 2 aliphatic rings. The molecule has 2 heterocycles. The maximum Gasteiger partial charge on any atom is 0.203 e. The minimum absolute atomic E-state index is 0.500. The quantitative estimate of drug-likeness (QED) is 0.513. The van der Waals surface area contributed by atoms with E-state index in [1.807, 2.05) is 18.2 Å². The van der Waals surface area contributed by atoms with Gasteiger partial charge >= 0.3 is 0 Å². The van der Waals surface area contributed by atoms with Gasteiger partial charge in [0.2, 0.25) is 5.75 Å². The van der Waals surface area contributed by atoms with E-state index in [1.165, 1.54) is 0 Å². The van der Waals surface area contributed by atoms with Crippen LogP contribution in [0, 0.1) is 0 Å². The van der Waals surface area contributed by atoms with E-state index in [0.717, 1.165) is 39.3 Å². The van der Waals surface area contributed by atoms with Crippen molar-refractivity contribution in [1.29, 1.82) is 0 Å². The van der Waals surface area contributed by atoms with Gasteiger partial charge in [0.25, 0.3) is 0 Å². The Hall–Kier alpha value is -1.70. The number of nitrogens with zero attached hydrogens (tertiary/aromatic N) is 2. The zero-order valence-corrected chi connectivity index (χ0v) is 22.9. The molecule has 0 saturated heterocycles. The second-order valence-corrected chi connectivity index (χ2v) is 8.84. The highest BCUT2D eigenvalue weighted by molar-refractivity contribution is 5.51. The summed E-state index contributed by atoms with van der Waals surface area (Å²) in [5.74, 6) is 1.93. The molecule has 0 saturated carbocycles. The number of fused-ring (bicyclic) bond motifs is 6. The highest BCUT2D eigenvalue weighted by Gasteiger charge is 2.14. The SMILES string of the molecule is COc1c2cccc1OCCN1CCOCCOCCOCCN(CCOCCOCCOCC1)CCO2. The second kappa shape index (κ2) is 20.2. The van der Waals surface area contributed by atoms with Crippen molar-refractivity contribution in [2.75, 3.05) is 139 Å². The molecule has 218 valence electrons. The van der Waals surface area contributed by atoms with E-state index in [-0.39, 0.29) is 0 Å². The van der Waals surface area contributed by atoms with Crippen molar-refractivity contribution in [3.8, 4) is 17.2 Å². The van der Waals surface area contributed by atoms with Gasteiger partial charge in [-0.2, -0.15) is 0 Å². The molecule has 0 atom stereocenters. The summed E-state index contributed by atoms with van der Waals surface area (Å²) in [7, 11) is 1.64. The van der Waals surface area contributed by atoms with Crippen molar-refractivity contribution in [1.82, 2.24) is 9.80 Å². The van der Waals surface area contributed by atoms with Gasteiger partial charge in [-0.05, 0) is 12.1 Å². The van der Waals surface area contributed by atoms with E-state index < -0.39 is 0 Å². The smallest absolute Gasteiger partial charge is 0.203 e. The fourth-order valence-electron chi connectivity index (χ4n) is 4.02. The molecule has 38 heavy (non-hydrogen) atoms. The van der Waals surface area contributed by atoms with Gasteiger partial charge in [-0.15, -0.1) is 0 Å². The zero-order valence-electron chi connectivity index (χ0n) is 22.9. The van der Waals surface area contributed by atoms with Crippen LogP contribution < -0.4 is 14.2 Å². The summed E-state index contributed by atoms with van der Waals surface area (Å²) in [5, 5.41) is 0. The Labute approximate surface area is 227 Å². The molecular weight excluding hydrogens is 496 g/mol. The van der Waals surface area contributed by atoms with Gasteiger partial charge in [0.1, 0.15) is 13.2 Å². The fraction of sp³-hybridized carbons (Fsp3) is 0.778. The van der Waals surface area contributed by atoms with Gasteiger partial charge in [-0.25, -0.2) is 0 Å². The van der Waals surface area contributed by atoms with Gasteiger partial charge in [-0.1, -0.05) is 6.07 Å². The molecule has 1 aromatic rings. The summed E-state index contributed by atoms with van der Waals surface area (Å²) in [5.41, 5.74) is 0. The molecule has 0 aromatic heterocycles. The summed E-state index contributed by atoms with van der Waals surface area (Å²) < 4.78 is 52.4. The van der Waals surface area contributed by atoms with Crippen LogP contribution in [0.15, 0.2) is 18.2 Å². The maximum atomic E-state index is 6.13. The normalized spacial score (nSPS) is 25.3. The molecule has 0 unspecified atom stereocenters. The molecule has 0 aliphatic carbocycles. The topological polar surface area (TPSA) is 89.6 Å². The first-order valence-electron chi connectivity index (χ1n) is 13.7. The van der Waals surface area contributed by atoms with Gasteiger partial charge < -0.3 is 42.6 Å². The Balaban J connectivity index is 1.69. The Morgan fingerprint density at radius 2 is 0.789 bits per heavy atom. The van der Waals surface area contributed by atoms with Crippen LogP contribution in [-0.4, -0.2) is 149 Å². The Morgan fingerprint density at radius 3 is 1.13 bits per heavy atom. The second-order valence-electron chi connectivity index (χ2n) is 8.84. The van der Waals surface area contributed by atoms with Crippen LogP contribution in [0.25, 0.3) is 0 Å². The van der Waals surface area contributed by atoms with Gasteiger partial charge in [-0.3, -0.25) is 9.80 Å². The van der Waals surface area contributed by atoms with Crippen LogP contribution in [0.2, 0.25) is 0 Å². The number of para-hydroxylation sites is 1. The molecular formula is C27H46N2O9. The van der Waals surface area contributed by atoms with Crippen LogP contribution in [0.5, 0.6) is 17.2 Å². The molecule has 2 aliphatic heterocycles. The molecule has 11 heteroatoms. The van der Waals surface area contributed by atoms with Crippen molar-refractivity contribution >= 4 is 0 Å². The Bertz CT molecular complexity index is 650. The number of methoxy groups -OCH3 is 1. The molecule has 1 aromatic carbocycles. The molecule has 11 nitrogen and oxygen atoms in total. The van der Waals surface area contributed by atoms with E-state index in [4.69, 9.17) is 42.6 Å². The average molecular weight is 543 g/mol. The van der Waals surface area contributed by atoms with Crippen molar-refractivity contribution < 1.29 is 42.6 Å². The predicted molar refractivity (Wildman–Crippen MR) is 142 cm³/mol. The number of ether oxygens (including phenoxy) is 9. The molecule has 4 bridgehead atoms. The molecule has 0 amide bonds. The third-order valence-corrected chi connectivity index (χ3v) is 6.17. The minimum atomic E-state index is 0.500.